The number of halogens is 2. The van der Waals surface area contributed by atoms with E-state index in [-0.39, 0.29) is 17.5 Å². The molecule has 20 heavy (non-hydrogen) atoms. The monoisotopic (exact) mass is 294 g/mol. The fourth-order valence-electron chi connectivity index (χ4n) is 1.65. The third kappa shape index (κ3) is 3.19. The Morgan fingerprint density at radius 3 is 2.75 bits per heavy atom. The third-order valence-electron chi connectivity index (χ3n) is 2.65. The lowest BCUT2D eigenvalue weighted by Crippen LogP contribution is -2.14. The predicted octanol–water partition coefficient (Wildman–Crippen LogP) is 3.15. The number of nitrogens with zero attached hydrogens (tertiary/aromatic N) is 1. The number of para-hydroxylation sites is 1. The Labute approximate surface area is 120 Å². The molecule has 6 heteroatoms. The van der Waals surface area contributed by atoms with Crippen LogP contribution < -0.4 is 10.5 Å². The summed E-state index contributed by atoms with van der Waals surface area (Å²) in [6.07, 6.45) is 0. The maximum atomic E-state index is 13.3. The second-order valence-corrected chi connectivity index (χ2v) is 4.43. The van der Waals surface area contributed by atoms with Crippen molar-refractivity contribution in [2.75, 3.05) is 0 Å². The van der Waals surface area contributed by atoms with Crippen molar-refractivity contribution in [1.29, 1.82) is 0 Å². The highest BCUT2D eigenvalue weighted by atomic mass is 35.5. The molecule has 0 radical (unpaired) electrons. The Morgan fingerprint density at radius 1 is 1.30 bits per heavy atom. The summed E-state index contributed by atoms with van der Waals surface area (Å²) in [5.41, 5.74) is 6.64. The molecular weight excluding hydrogens is 283 g/mol. The molecule has 0 unspecified atom stereocenters. The highest BCUT2D eigenvalue weighted by molar-refractivity contribution is 6.30. The smallest absolute Gasteiger partial charge is 0.173 e. The zero-order valence-corrected chi connectivity index (χ0v) is 11.1. The summed E-state index contributed by atoms with van der Waals surface area (Å²) in [4.78, 5) is 0. The fraction of sp³-hybridized carbons (Fsp3) is 0.0714. The number of rotatable bonds is 4. The van der Waals surface area contributed by atoms with Crippen molar-refractivity contribution in [3.63, 3.8) is 0 Å². The van der Waals surface area contributed by atoms with Gasteiger partial charge in [0.15, 0.2) is 5.84 Å². The lowest BCUT2D eigenvalue weighted by Gasteiger charge is -2.10. The molecule has 3 N–H and O–H groups in total. The first-order valence-corrected chi connectivity index (χ1v) is 6.13. The van der Waals surface area contributed by atoms with Crippen LogP contribution in [0.2, 0.25) is 5.02 Å². The van der Waals surface area contributed by atoms with Crippen LogP contribution in [-0.2, 0) is 6.61 Å². The van der Waals surface area contributed by atoms with Gasteiger partial charge in [0.2, 0.25) is 0 Å². The van der Waals surface area contributed by atoms with Crippen LogP contribution in [0.25, 0.3) is 0 Å². The van der Waals surface area contributed by atoms with Crippen LogP contribution in [0.15, 0.2) is 47.6 Å². The average Bonchev–Trinajstić information content (AvgIpc) is 2.48. The molecule has 4 nitrogen and oxygen atoms in total. The summed E-state index contributed by atoms with van der Waals surface area (Å²) in [6, 6.07) is 11.3. The zero-order chi connectivity index (χ0) is 14.5. The van der Waals surface area contributed by atoms with E-state index < -0.39 is 5.82 Å². The molecule has 0 aromatic heterocycles. The molecule has 0 heterocycles. The fourth-order valence-corrected chi connectivity index (χ4v) is 1.77. The number of amidine groups is 1. The Morgan fingerprint density at radius 2 is 2.05 bits per heavy atom. The second kappa shape index (κ2) is 6.25. The van der Waals surface area contributed by atoms with Crippen molar-refractivity contribution >= 4 is 17.4 Å². The first-order chi connectivity index (χ1) is 9.61. The molecule has 0 atom stereocenters. The lowest BCUT2D eigenvalue weighted by atomic mass is 10.2. The second-order valence-electron chi connectivity index (χ2n) is 4.02. The number of oxime groups is 1. The Kier molecular flexibility index (Phi) is 4.42. The minimum Gasteiger partial charge on any atom is -0.488 e. The maximum Gasteiger partial charge on any atom is 0.173 e. The van der Waals surface area contributed by atoms with Gasteiger partial charge < -0.3 is 15.7 Å². The van der Waals surface area contributed by atoms with E-state index in [1.54, 1.807) is 30.3 Å². The van der Waals surface area contributed by atoms with Crippen LogP contribution in [0, 0.1) is 5.82 Å². The predicted molar refractivity (Wildman–Crippen MR) is 74.7 cm³/mol. The summed E-state index contributed by atoms with van der Waals surface area (Å²) < 4.78 is 18.9. The summed E-state index contributed by atoms with van der Waals surface area (Å²) in [5.74, 6) is -0.112. The van der Waals surface area contributed by atoms with Crippen LogP contribution in [0.5, 0.6) is 5.75 Å². The van der Waals surface area contributed by atoms with Gasteiger partial charge in [-0.25, -0.2) is 4.39 Å². The zero-order valence-electron chi connectivity index (χ0n) is 10.4. The molecule has 0 aliphatic heterocycles. The van der Waals surface area contributed by atoms with Gasteiger partial charge in [-0.2, -0.15) is 0 Å². The van der Waals surface area contributed by atoms with Gasteiger partial charge in [-0.3, -0.25) is 0 Å². The van der Waals surface area contributed by atoms with Gasteiger partial charge >= 0.3 is 0 Å². The summed E-state index contributed by atoms with van der Waals surface area (Å²) in [6.45, 7) is 0.143. The number of hydrogen-bond donors (Lipinski definition) is 2. The van der Waals surface area contributed by atoms with Crippen LogP contribution in [0.3, 0.4) is 0 Å². The Bertz CT molecular complexity index is 647. The summed E-state index contributed by atoms with van der Waals surface area (Å²) in [7, 11) is 0. The van der Waals surface area contributed by atoms with Gasteiger partial charge in [-0.05, 0) is 29.8 Å². The number of hydrogen-bond acceptors (Lipinski definition) is 3. The molecule has 0 amide bonds. The molecule has 104 valence electrons. The van der Waals surface area contributed by atoms with E-state index in [0.29, 0.717) is 16.9 Å². The van der Waals surface area contributed by atoms with E-state index in [1.807, 2.05) is 0 Å². The summed E-state index contributed by atoms with van der Waals surface area (Å²) >= 11 is 5.61. The minimum atomic E-state index is -0.502. The molecule has 0 aliphatic carbocycles. The van der Waals surface area contributed by atoms with Gasteiger partial charge in [-0.1, -0.05) is 35.0 Å². The number of nitrogens with two attached hydrogens (primary N) is 1. The SMILES string of the molecule is N/C(=N/O)c1ccccc1OCc1ccc(Cl)c(F)c1. The standard InChI is InChI=1S/C14H12ClFN2O2/c15-11-6-5-9(7-12(11)16)8-20-13-4-2-1-3-10(13)14(17)18-19/h1-7,19H,8H2,(H2,17,18). The molecule has 0 saturated carbocycles. The van der Waals surface area contributed by atoms with Crippen LogP contribution in [0.4, 0.5) is 4.39 Å². The topological polar surface area (TPSA) is 67.8 Å². The van der Waals surface area contributed by atoms with Crippen molar-refractivity contribution in [3.05, 3.63) is 64.4 Å². The molecule has 0 saturated heterocycles. The highest BCUT2D eigenvalue weighted by Crippen LogP contribution is 2.21. The van der Waals surface area contributed by atoms with Crippen molar-refractivity contribution in [2.45, 2.75) is 6.61 Å². The molecule has 0 bridgehead atoms. The van der Waals surface area contributed by atoms with Crippen molar-refractivity contribution < 1.29 is 14.3 Å². The van der Waals surface area contributed by atoms with Gasteiger partial charge in [0.05, 0.1) is 10.6 Å². The minimum absolute atomic E-state index is 0.0529. The molecule has 0 aliphatic rings. The van der Waals surface area contributed by atoms with Gasteiger partial charge in [0, 0.05) is 0 Å². The molecule has 0 fully saturated rings. The molecule has 2 aromatic carbocycles. The Balaban J connectivity index is 2.17. The van der Waals surface area contributed by atoms with Crippen LogP contribution in [0.1, 0.15) is 11.1 Å². The number of benzene rings is 2. The first kappa shape index (κ1) is 14.1. The van der Waals surface area contributed by atoms with E-state index in [9.17, 15) is 4.39 Å². The molecule has 2 aromatic rings. The van der Waals surface area contributed by atoms with E-state index in [0.717, 1.165) is 0 Å². The van der Waals surface area contributed by atoms with E-state index in [2.05, 4.69) is 5.16 Å². The van der Waals surface area contributed by atoms with Gasteiger partial charge in [-0.15, -0.1) is 0 Å². The molecule has 0 spiro atoms. The van der Waals surface area contributed by atoms with Crippen molar-refractivity contribution in [1.82, 2.24) is 0 Å². The first-order valence-electron chi connectivity index (χ1n) is 5.75. The quantitative estimate of drug-likeness (QED) is 0.394. The van der Waals surface area contributed by atoms with Crippen LogP contribution >= 0.6 is 11.6 Å². The Hall–Kier alpha value is -2.27. The van der Waals surface area contributed by atoms with Crippen molar-refractivity contribution in [3.8, 4) is 5.75 Å². The number of ether oxygens (including phenoxy) is 1. The molecule has 2 rings (SSSR count). The largest absolute Gasteiger partial charge is 0.488 e. The van der Waals surface area contributed by atoms with E-state index in [4.69, 9.17) is 27.3 Å². The summed E-state index contributed by atoms with van der Waals surface area (Å²) in [5, 5.41) is 11.7. The van der Waals surface area contributed by atoms with E-state index >= 15 is 0 Å². The van der Waals surface area contributed by atoms with Gasteiger partial charge in [0.1, 0.15) is 18.2 Å². The maximum absolute atomic E-state index is 13.3. The third-order valence-corrected chi connectivity index (χ3v) is 2.96. The average molecular weight is 295 g/mol. The highest BCUT2D eigenvalue weighted by Gasteiger charge is 2.08. The van der Waals surface area contributed by atoms with E-state index in [1.165, 1.54) is 12.1 Å². The lowest BCUT2D eigenvalue weighted by molar-refractivity contribution is 0.302. The normalized spacial score (nSPS) is 11.4. The van der Waals surface area contributed by atoms with Crippen LogP contribution in [-0.4, -0.2) is 11.0 Å². The van der Waals surface area contributed by atoms with Gasteiger partial charge in [0.25, 0.3) is 0 Å². The van der Waals surface area contributed by atoms with Crippen molar-refractivity contribution in [2.24, 2.45) is 10.9 Å². The molecular formula is C14H12ClFN2O2.